The van der Waals surface area contributed by atoms with Crippen molar-refractivity contribution in [1.29, 1.82) is 0 Å². The van der Waals surface area contributed by atoms with E-state index in [1.807, 2.05) is 60.7 Å². The van der Waals surface area contributed by atoms with Gasteiger partial charge in [-0.05, 0) is 59.7 Å². The summed E-state index contributed by atoms with van der Waals surface area (Å²) in [6, 6.07) is 26.1. The molecule has 0 spiro atoms. The third-order valence-electron chi connectivity index (χ3n) is 6.23. The lowest BCUT2D eigenvalue weighted by atomic mass is 10.0. The summed E-state index contributed by atoms with van der Waals surface area (Å²) in [5.41, 5.74) is 6.20. The number of carbonyl (C=O) groups excluding carboxylic acids is 2. The van der Waals surface area contributed by atoms with Gasteiger partial charge in [-0.1, -0.05) is 83.1 Å². The van der Waals surface area contributed by atoms with Crippen LogP contribution in [-0.2, 0) is 9.59 Å². The lowest BCUT2D eigenvalue weighted by Crippen LogP contribution is -2.14. The Morgan fingerprint density at radius 2 is 1.07 bits per heavy atom. The zero-order valence-electron chi connectivity index (χ0n) is 21.8. The molecule has 2 heterocycles. The lowest BCUT2D eigenvalue weighted by Gasteiger charge is -2.11. The summed E-state index contributed by atoms with van der Waals surface area (Å²) in [4.78, 5) is 40.5. The molecule has 42 heavy (non-hydrogen) atoms. The van der Waals surface area contributed by atoms with Crippen molar-refractivity contribution in [3.63, 3.8) is 0 Å². The number of rotatable bonds is 9. The third-order valence-corrected chi connectivity index (χ3v) is 8.61. The fourth-order valence-corrected chi connectivity index (χ4v) is 6.05. The molecule has 0 radical (unpaired) electrons. The molecule has 2 amide bonds. The number of amides is 2. The van der Waals surface area contributed by atoms with Crippen LogP contribution in [0.25, 0.3) is 33.2 Å². The van der Waals surface area contributed by atoms with Crippen LogP contribution in [0.5, 0.6) is 0 Å². The van der Waals surface area contributed by atoms with Crippen molar-refractivity contribution in [2.75, 3.05) is 22.1 Å². The van der Waals surface area contributed by atoms with Crippen molar-refractivity contribution in [2.24, 2.45) is 0 Å². The number of carbonyl (C=O) groups is 2. The Kier molecular flexibility index (Phi) is 8.38. The molecule has 0 bridgehead atoms. The van der Waals surface area contributed by atoms with Gasteiger partial charge in [0.1, 0.15) is 0 Å². The molecule has 12 heteroatoms. The summed E-state index contributed by atoms with van der Waals surface area (Å²) in [7, 11) is 0. The van der Waals surface area contributed by atoms with Crippen LogP contribution in [0.3, 0.4) is 0 Å². The highest BCUT2D eigenvalue weighted by atomic mass is 35.5. The van der Waals surface area contributed by atoms with E-state index in [0.29, 0.717) is 31.7 Å². The number of para-hydroxylation sites is 4. The molecule has 0 aliphatic heterocycles. The van der Waals surface area contributed by atoms with Crippen molar-refractivity contribution < 1.29 is 9.59 Å². The first-order valence-corrected chi connectivity index (χ1v) is 15.5. The number of aromatic amines is 2. The first kappa shape index (κ1) is 28.2. The molecule has 0 saturated carbocycles. The predicted molar refractivity (Wildman–Crippen MR) is 173 cm³/mol. The number of H-pyrrole nitrogens is 2. The van der Waals surface area contributed by atoms with E-state index >= 15 is 0 Å². The van der Waals surface area contributed by atoms with Crippen LogP contribution in [0.4, 0.5) is 11.4 Å². The van der Waals surface area contributed by atoms with Crippen molar-refractivity contribution in [2.45, 2.75) is 10.3 Å². The van der Waals surface area contributed by atoms with Crippen molar-refractivity contribution in [3.8, 4) is 11.1 Å². The highest BCUT2D eigenvalue weighted by molar-refractivity contribution is 8.00. The molecule has 0 unspecified atom stereocenters. The second-order valence-corrected chi connectivity index (χ2v) is 11.9. The molecule has 6 aromatic rings. The Hall–Kier alpha value is -3.96. The van der Waals surface area contributed by atoms with Gasteiger partial charge in [-0.25, -0.2) is 9.97 Å². The van der Waals surface area contributed by atoms with Crippen LogP contribution >= 0.6 is 46.7 Å². The maximum absolute atomic E-state index is 12.6. The zero-order chi connectivity index (χ0) is 29.1. The minimum Gasteiger partial charge on any atom is -0.333 e. The van der Waals surface area contributed by atoms with Gasteiger partial charge in [-0.2, -0.15) is 0 Å². The smallest absolute Gasteiger partial charge is 0.234 e. The summed E-state index contributed by atoms with van der Waals surface area (Å²) >= 11 is 15.6. The molecule has 0 fully saturated rings. The average Bonchev–Trinajstić information content (AvgIpc) is 3.61. The maximum atomic E-state index is 12.6. The Bertz CT molecular complexity index is 1730. The second kappa shape index (κ2) is 12.5. The van der Waals surface area contributed by atoms with Crippen LogP contribution in [-0.4, -0.2) is 43.3 Å². The molecule has 0 atom stereocenters. The van der Waals surface area contributed by atoms with Crippen LogP contribution in [0.2, 0.25) is 10.0 Å². The fraction of sp³-hybridized carbons (Fsp3) is 0.0667. The van der Waals surface area contributed by atoms with Gasteiger partial charge in [0.15, 0.2) is 10.3 Å². The van der Waals surface area contributed by atoms with Gasteiger partial charge in [0.2, 0.25) is 11.8 Å². The number of benzene rings is 4. The number of fused-ring (bicyclic) bond motifs is 2. The molecule has 2 aromatic heterocycles. The van der Waals surface area contributed by atoms with E-state index in [9.17, 15) is 9.59 Å². The summed E-state index contributed by atoms with van der Waals surface area (Å²) in [5, 5.41) is 7.84. The first-order chi connectivity index (χ1) is 20.4. The van der Waals surface area contributed by atoms with Crippen molar-refractivity contribution >= 4 is 92.0 Å². The summed E-state index contributed by atoms with van der Waals surface area (Å²) in [5.74, 6) is -0.0388. The van der Waals surface area contributed by atoms with E-state index in [0.717, 1.165) is 33.2 Å². The van der Waals surface area contributed by atoms with Crippen LogP contribution in [0.15, 0.2) is 95.2 Å². The van der Waals surface area contributed by atoms with Gasteiger partial charge < -0.3 is 20.6 Å². The van der Waals surface area contributed by atoms with E-state index in [4.69, 9.17) is 23.2 Å². The summed E-state index contributed by atoms with van der Waals surface area (Å²) < 4.78 is 0. The standard InChI is InChI=1S/C30H22Cl2N6O2S2/c31-19-13-17(9-11-21(19)33-27(39)15-41-29-35-23-5-1-2-6-24(23)36-29)18-10-12-22(20(32)14-18)34-28(40)16-42-30-37-25-7-3-4-8-26(25)38-30/h1-14H,15-16H2,(H,33,39)(H,34,40)(H,35,36)(H,37,38). The molecular formula is C30H22Cl2N6O2S2. The number of hydrogen-bond donors (Lipinski definition) is 4. The SMILES string of the molecule is O=C(CSc1nc2ccccc2[nH]1)Nc1ccc(-c2ccc(NC(=O)CSc3nc4ccccc4[nH]3)c(Cl)c2)cc1Cl. The number of imidazole rings is 2. The quantitative estimate of drug-likeness (QED) is 0.121. The van der Waals surface area contributed by atoms with Crippen LogP contribution in [0.1, 0.15) is 0 Å². The van der Waals surface area contributed by atoms with Gasteiger partial charge in [0, 0.05) is 0 Å². The number of nitrogens with one attached hydrogen (secondary N) is 4. The van der Waals surface area contributed by atoms with Crippen LogP contribution < -0.4 is 10.6 Å². The van der Waals surface area contributed by atoms with E-state index in [-0.39, 0.29) is 23.3 Å². The van der Waals surface area contributed by atoms with Gasteiger partial charge >= 0.3 is 0 Å². The molecule has 0 aliphatic rings. The number of hydrogen-bond acceptors (Lipinski definition) is 6. The lowest BCUT2D eigenvalue weighted by molar-refractivity contribution is -0.114. The molecule has 8 nitrogen and oxygen atoms in total. The number of halogens is 2. The summed E-state index contributed by atoms with van der Waals surface area (Å²) in [6.45, 7) is 0. The molecule has 4 N–H and O–H groups in total. The van der Waals surface area contributed by atoms with E-state index in [1.54, 1.807) is 24.3 Å². The molecular weight excluding hydrogens is 611 g/mol. The molecule has 210 valence electrons. The third kappa shape index (κ3) is 6.57. The number of anilines is 2. The van der Waals surface area contributed by atoms with E-state index in [2.05, 4.69) is 30.6 Å². The Morgan fingerprint density at radius 1 is 0.643 bits per heavy atom. The molecule has 4 aromatic carbocycles. The normalized spacial score (nSPS) is 11.2. The van der Waals surface area contributed by atoms with Gasteiger partial charge in [-0.15, -0.1) is 0 Å². The minimum absolute atomic E-state index is 0.178. The van der Waals surface area contributed by atoms with Crippen molar-refractivity contribution in [3.05, 3.63) is 95.0 Å². The Balaban J connectivity index is 1.04. The van der Waals surface area contributed by atoms with Crippen LogP contribution in [0, 0.1) is 0 Å². The second-order valence-electron chi connectivity index (χ2n) is 9.18. The highest BCUT2D eigenvalue weighted by Gasteiger charge is 2.13. The fourth-order valence-electron chi connectivity index (χ4n) is 4.23. The topological polar surface area (TPSA) is 116 Å². The van der Waals surface area contributed by atoms with Gasteiger partial charge in [0.25, 0.3) is 0 Å². The predicted octanol–water partition coefficient (Wildman–Crippen LogP) is 7.87. The minimum atomic E-state index is -0.197. The Morgan fingerprint density at radius 3 is 1.48 bits per heavy atom. The first-order valence-electron chi connectivity index (χ1n) is 12.8. The zero-order valence-corrected chi connectivity index (χ0v) is 24.9. The number of thioether (sulfide) groups is 2. The van der Waals surface area contributed by atoms with E-state index in [1.165, 1.54) is 23.5 Å². The maximum Gasteiger partial charge on any atom is 0.234 e. The van der Waals surface area contributed by atoms with Gasteiger partial charge in [-0.3, -0.25) is 9.59 Å². The summed E-state index contributed by atoms with van der Waals surface area (Å²) in [6.07, 6.45) is 0. The monoisotopic (exact) mass is 632 g/mol. The molecule has 0 aliphatic carbocycles. The Labute approximate surface area is 259 Å². The van der Waals surface area contributed by atoms with Gasteiger partial charge in [0.05, 0.1) is 55.0 Å². The number of nitrogens with zero attached hydrogens (tertiary/aromatic N) is 2. The van der Waals surface area contributed by atoms with Crippen molar-refractivity contribution in [1.82, 2.24) is 19.9 Å². The number of aromatic nitrogens is 4. The average molecular weight is 634 g/mol. The van der Waals surface area contributed by atoms with E-state index < -0.39 is 0 Å². The highest BCUT2D eigenvalue weighted by Crippen LogP contribution is 2.33. The largest absolute Gasteiger partial charge is 0.333 e. The molecule has 0 saturated heterocycles. The molecule has 6 rings (SSSR count).